The molecule has 4 aromatic rings. The molecular weight excluding hydrogens is 613 g/mol. The molecule has 45 heavy (non-hydrogen) atoms. The number of pyridine rings is 1. The van der Waals surface area contributed by atoms with E-state index in [4.69, 9.17) is 11.6 Å². The second kappa shape index (κ2) is 13.6. The first-order chi connectivity index (χ1) is 21.6. The molecule has 5 rings (SSSR count). The SMILES string of the molecule is COC(=O)Nc1ccc2c(c1)N[C@H](C(F)(F)F)C/C=C/CC(NC(=O)/C=C/c1cc(Cl)ccc1-n1cnnn1)c1cc-2ccn1. The molecule has 3 N–H and O–H groups in total. The van der Waals surface area contributed by atoms with Crippen LogP contribution in [0.5, 0.6) is 0 Å². The van der Waals surface area contributed by atoms with Crippen molar-refractivity contribution in [3.8, 4) is 16.8 Å². The number of carbonyl (C=O) groups excluding carboxylic acids is 2. The number of carbonyl (C=O) groups is 2. The molecule has 0 aliphatic carbocycles. The van der Waals surface area contributed by atoms with Crippen molar-refractivity contribution in [2.24, 2.45) is 0 Å². The lowest BCUT2D eigenvalue weighted by molar-refractivity contribution is -0.141. The van der Waals surface area contributed by atoms with Crippen molar-refractivity contribution >= 4 is 41.1 Å². The van der Waals surface area contributed by atoms with Crippen LogP contribution in [0, 0.1) is 0 Å². The number of nitrogens with zero attached hydrogens (tertiary/aromatic N) is 5. The van der Waals surface area contributed by atoms with Crippen molar-refractivity contribution in [1.29, 1.82) is 0 Å². The van der Waals surface area contributed by atoms with Crippen LogP contribution in [0.1, 0.15) is 30.1 Å². The summed E-state index contributed by atoms with van der Waals surface area (Å²) in [6.07, 6.45) is 3.24. The molecule has 232 valence electrons. The number of hydrogen-bond donors (Lipinski definition) is 3. The number of tetrazole rings is 1. The average Bonchev–Trinajstić information content (AvgIpc) is 3.55. The number of rotatable bonds is 5. The van der Waals surface area contributed by atoms with Crippen molar-refractivity contribution < 1.29 is 27.5 Å². The zero-order valence-corrected chi connectivity index (χ0v) is 24.4. The Morgan fingerprint density at radius 1 is 1.11 bits per heavy atom. The smallest absolute Gasteiger partial charge is 0.411 e. The second-order valence-corrected chi connectivity index (χ2v) is 10.3. The van der Waals surface area contributed by atoms with E-state index >= 15 is 0 Å². The maximum atomic E-state index is 14.1. The summed E-state index contributed by atoms with van der Waals surface area (Å²) in [7, 11) is 1.18. The molecule has 2 aromatic heterocycles. The molecule has 0 radical (unpaired) electrons. The molecule has 0 spiro atoms. The molecule has 2 bridgehead atoms. The lowest BCUT2D eigenvalue weighted by atomic mass is 9.98. The fraction of sp³-hybridized carbons (Fsp3) is 0.200. The van der Waals surface area contributed by atoms with Gasteiger partial charge in [0.15, 0.2) is 0 Å². The highest BCUT2D eigenvalue weighted by molar-refractivity contribution is 6.30. The molecule has 1 unspecified atom stereocenters. The zero-order chi connectivity index (χ0) is 32.0. The van der Waals surface area contributed by atoms with Crippen molar-refractivity contribution in [3.63, 3.8) is 0 Å². The fourth-order valence-electron chi connectivity index (χ4n) is 4.67. The minimum absolute atomic E-state index is 0.140. The Labute approximate surface area is 260 Å². The lowest BCUT2D eigenvalue weighted by Gasteiger charge is -2.25. The number of fused-ring (bicyclic) bond motifs is 4. The summed E-state index contributed by atoms with van der Waals surface area (Å²) >= 11 is 6.18. The van der Waals surface area contributed by atoms with Crippen molar-refractivity contribution in [3.05, 3.63) is 95.6 Å². The number of ether oxygens (including phenoxy) is 1. The summed E-state index contributed by atoms with van der Waals surface area (Å²) in [5.41, 5.74) is 3.03. The molecule has 1 aliphatic rings. The van der Waals surface area contributed by atoms with Gasteiger partial charge in [-0.25, -0.2) is 4.79 Å². The van der Waals surface area contributed by atoms with E-state index in [2.05, 4.69) is 41.2 Å². The van der Waals surface area contributed by atoms with Gasteiger partial charge in [0.1, 0.15) is 12.4 Å². The number of amides is 2. The van der Waals surface area contributed by atoms with Crippen molar-refractivity contribution in [1.82, 2.24) is 30.5 Å². The highest BCUT2D eigenvalue weighted by Gasteiger charge is 2.39. The van der Waals surface area contributed by atoms with Gasteiger partial charge < -0.3 is 15.4 Å². The average molecular weight is 639 g/mol. The molecule has 0 fully saturated rings. The minimum atomic E-state index is -4.58. The number of aromatic nitrogens is 5. The topological polar surface area (TPSA) is 136 Å². The lowest BCUT2D eigenvalue weighted by Crippen LogP contribution is -2.36. The van der Waals surface area contributed by atoms with Crippen molar-refractivity contribution in [2.75, 3.05) is 17.7 Å². The molecule has 11 nitrogen and oxygen atoms in total. The van der Waals surface area contributed by atoms with Crippen LogP contribution in [-0.2, 0) is 9.53 Å². The second-order valence-electron chi connectivity index (χ2n) is 9.88. The molecule has 3 heterocycles. The highest BCUT2D eigenvalue weighted by atomic mass is 35.5. The first kappa shape index (κ1) is 31.2. The molecule has 2 aromatic carbocycles. The van der Waals surface area contributed by atoms with Gasteiger partial charge in [0.2, 0.25) is 5.91 Å². The molecule has 2 atom stereocenters. The summed E-state index contributed by atoms with van der Waals surface area (Å²) in [5.74, 6) is -0.468. The third-order valence-electron chi connectivity index (χ3n) is 6.85. The van der Waals surface area contributed by atoms with Gasteiger partial charge in [-0.05, 0) is 77.4 Å². The number of nitrogens with one attached hydrogen (secondary N) is 3. The number of halogens is 4. The first-order valence-corrected chi connectivity index (χ1v) is 13.9. The summed E-state index contributed by atoms with van der Waals surface area (Å²) in [6, 6.07) is 10.3. The van der Waals surface area contributed by atoms with E-state index in [-0.39, 0.29) is 24.2 Å². The number of methoxy groups -OCH3 is 1. The van der Waals surface area contributed by atoms with Crippen LogP contribution in [0.15, 0.2) is 79.3 Å². The molecule has 2 amide bonds. The summed E-state index contributed by atoms with van der Waals surface area (Å²) in [5, 5.41) is 19.6. The largest absolute Gasteiger partial charge is 0.453 e. The van der Waals surface area contributed by atoms with Crippen LogP contribution in [0.2, 0.25) is 5.02 Å². The van der Waals surface area contributed by atoms with E-state index in [1.165, 1.54) is 42.5 Å². The fourth-order valence-corrected chi connectivity index (χ4v) is 4.85. The Balaban J connectivity index is 1.47. The maximum absolute atomic E-state index is 14.1. The quantitative estimate of drug-likeness (QED) is 0.176. The van der Waals surface area contributed by atoms with Crippen LogP contribution in [0.4, 0.5) is 29.3 Å². The van der Waals surface area contributed by atoms with Gasteiger partial charge >= 0.3 is 12.3 Å². The van der Waals surface area contributed by atoms with Crippen LogP contribution in [-0.4, -0.2) is 56.5 Å². The van der Waals surface area contributed by atoms with E-state index in [1.807, 2.05) is 0 Å². The summed E-state index contributed by atoms with van der Waals surface area (Å²) in [4.78, 5) is 29.3. The van der Waals surface area contributed by atoms with Crippen LogP contribution >= 0.6 is 11.6 Å². The molecule has 0 saturated carbocycles. The van der Waals surface area contributed by atoms with Gasteiger partial charge in [-0.15, -0.1) is 5.10 Å². The van der Waals surface area contributed by atoms with Gasteiger partial charge in [0, 0.05) is 39.8 Å². The van der Waals surface area contributed by atoms with Gasteiger partial charge in [-0.1, -0.05) is 29.8 Å². The number of anilines is 2. The summed E-state index contributed by atoms with van der Waals surface area (Å²) in [6.45, 7) is 0. The van der Waals surface area contributed by atoms with Crippen LogP contribution in [0.3, 0.4) is 0 Å². The maximum Gasteiger partial charge on any atom is 0.411 e. The molecule has 0 saturated heterocycles. The molecule has 1 aliphatic heterocycles. The normalized spacial score (nSPS) is 17.3. The molecule has 15 heteroatoms. The number of hydrogen-bond acceptors (Lipinski definition) is 8. The summed E-state index contributed by atoms with van der Waals surface area (Å²) < 4.78 is 48.3. The monoisotopic (exact) mass is 638 g/mol. The minimum Gasteiger partial charge on any atom is -0.453 e. The standard InChI is InChI=1S/C30H26ClF3N8O3/c1-45-29(44)37-21-8-9-22-18-12-13-35-25(15-18)23(4-2-3-5-27(30(32,33)34)38-24(22)16-21)39-28(43)11-6-19-14-20(31)7-10-26(19)42-17-36-40-41-42/h2-3,6-17,23,27,38H,4-5H2,1H3,(H,37,44)(H,39,43)/b3-2+,11-6+/t23?,27-/m0/s1. The Hall–Kier alpha value is -5.24. The predicted molar refractivity (Wildman–Crippen MR) is 162 cm³/mol. The van der Waals surface area contributed by atoms with E-state index < -0.39 is 30.3 Å². The Kier molecular flexibility index (Phi) is 9.42. The number of benzene rings is 2. The Morgan fingerprint density at radius 2 is 1.93 bits per heavy atom. The van der Waals surface area contributed by atoms with E-state index in [9.17, 15) is 22.8 Å². The van der Waals surface area contributed by atoms with Gasteiger partial charge in [0.25, 0.3) is 0 Å². The van der Waals surface area contributed by atoms with E-state index in [0.717, 1.165) is 0 Å². The number of alkyl halides is 3. The first-order valence-electron chi connectivity index (χ1n) is 13.6. The van der Waals surface area contributed by atoms with Gasteiger partial charge in [0.05, 0.1) is 24.5 Å². The van der Waals surface area contributed by atoms with Crippen LogP contribution < -0.4 is 16.0 Å². The van der Waals surface area contributed by atoms with Gasteiger partial charge in [-0.2, -0.15) is 17.9 Å². The predicted octanol–water partition coefficient (Wildman–Crippen LogP) is 6.12. The van der Waals surface area contributed by atoms with Crippen molar-refractivity contribution in [2.45, 2.75) is 31.1 Å². The Bertz CT molecular complexity index is 1740. The Morgan fingerprint density at radius 3 is 2.69 bits per heavy atom. The van der Waals surface area contributed by atoms with Crippen LogP contribution in [0.25, 0.3) is 22.9 Å². The van der Waals surface area contributed by atoms with Gasteiger partial charge in [-0.3, -0.25) is 15.1 Å². The third kappa shape index (κ3) is 7.84. The molecular formula is C30H26ClF3N8O3. The highest BCUT2D eigenvalue weighted by Crippen LogP contribution is 2.36. The third-order valence-corrected chi connectivity index (χ3v) is 7.09. The van der Waals surface area contributed by atoms with E-state index in [1.54, 1.807) is 54.6 Å². The van der Waals surface area contributed by atoms with E-state index in [0.29, 0.717) is 33.1 Å². The zero-order valence-electron chi connectivity index (χ0n) is 23.6.